The quantitative estimate of drug-likeness (QED) is 0.799. The van der Waals surface area contributed by atoms with Gasteiger partial charge in [0.25, 0.3) is 0 Å². The second kappa shape index (κ2) is 5.81. The molecule has 24 heavy (non-hydrogen) atoms. The molecule has 1 fully saturated rings. The Balaban J connectivity index is 1.75. The number of carbonyl (C=O) groups is 1. The van der Waals surface area contributed by atoms with Crippen molar-refractivity contribution in [3.8, 4) is 0 Å². The summed E-state index contributed by atoms with van der Waals surface area (Å²) in [7, 11) is 1.40. The van der Waals surface area contributed by atoms with Crippen LogP contribution in [0, 0.1) is 6.92 Å². The van der Waals surface area contributed by atoms with E-state index in [0.717, 1.165) is 41.4 Å². The molecule has 2 aliphatic rings. The molecule has 0 aromatic carbocycles. The summed E-state index contributed by atoms with van der Waals surface area (Å²) in [6.07, 6.45) is 6.68. The average Bonchev–Trinajstić information content (AvgIpc) is 2.91. The van der Waals surface area contributed by atoms with Crippen LogP contribution in [0.1, 0.15) is 54.0 Å². The largest absolute Gasteiger partial charge is 0.467 e. The van der Waals surface area contributed by atoms with Gasteiger partial charge in [0.2, 0.25) is 0 Å². The lowest BCUT2D eigenvalue weighted by atomic mass is 9.85. The van der Waals surface area contributed by atoms with Crippen LogP contribution < -0.4 is 4.90 Å². The molecule has 0 saturated heterocycles. The molecule has 2 aromatic rings. The van der Waals surface area contributed by atoms with Crippen molar-refractivity contribution in [2.75, 3.05) is 12.0 Å². The van der Waals surface area contributed by atoms with Crippen LogP contribution in [0.3, 0.4) is 0 Å². The summed E-state index contributed by atoms with van der Waals surface area (Å²) >= 11 is 0. The normalized spacial score (nSPS) is 19.8. The molecule has 1 aliphatic carbocycles. The summed E-state index contributed by atoms with van der Waals surface area (Å²) in [4.78, 5) is 32.0. The van der Waals surface area contributed by atoms with Crippen LogP contribution in [0.2, 0.25) is 0 Å². The van der Waals surface area contributed by atoms with Crippen LogP contribution in [0.4, 0.5) is 5.82 Å². The van der Waals surface area contributed by atoms with E-state index in [4.69, 9.17) is 9.72 Å². The van der Waals surface area contributed by atoms with Crippen molar-refractivity contribution >= 4 is 11.8 Å². The van der Waals surface area contributed by atoms with E-state index in [1.54, 1.807) is 6.20 Å². The minimum atomic E-state index is -0.560. The first-order chi connectivity index (χ1) is 11.7. The summed E-state index contributed by atoms with van der Waals surface area (Å²) in [6, 6.07) is 1.35. The molecule has 1 aliphatic heterocycles. The van der Waals surface area contributed by atoms with Crippen molar-refractivity contribution in [3.05, 3.63) is 41.4 Å². The van der Waals surface area contributed by atoms with Crippen LogP contribution in [0.5, 0.6) is 0 Å². The highest BCUT2D eigenvalue weighted by Gasteiger charge is 2.39. The molecule has 3 heterocycles. The first-order valence-electron chi connectivity index (χ1n) is 8.16. The monoisotopic (exact) mass is 325 g/mol. The fourth-order valence-corrected chi connectivity index (χ4v) is 3.30. The molecular weight excluding hydrogens is 306 g/mol. The lowest BCUT2D eigenvalue weighted by molar-refractivity contribution is -0.142. The second-order valence-electron chi connectivity index (χ2n) is 6.33. The Kier molecular flexibility index (Phi) is 3.63. The molecule has 1 saturated carbocycles. The summed E-state index contributed by atoms with van der Waals surface area (Å²) in [5.74, 6) is 1.73. The number of fused-ring (bicyclic) bond motifs is 1. The minimum absolute atomic E-state index is 0.329. The van der Waals surface area contributed by atoms with Crippen molar-refractivity contribution in [2.45, 2.75) is 44.7 Å². The number of esters is 1. The molecule has 7 nitrogen and oxygen atoms in total. The number of hydrogen-bond donors (Lipinski definition) is 0. The fourth-order valence-electron chi connectivity index (χ4n) is 3.30. The standard InChI is InChI=1S/C17H19N5O2/c1-10-6-14(21-16(20-10)11-4-3-5-11)22-8-13-12(7-18-9-19-13)15(22)17(23)24-2/h6-7,9,11,15H,3-5,8H2,1-2H3. The Labute approximate surface area is 140 Å². The van der Waals surface area contributed by atoms with Gasteiger partial charge in [-0.25, -0.2) is 24.7 Å². The summed E-state index contributed by atoms with van der Waals surface area (Å²) in [5, 5.41) is 0. The van der Waals surface area contributed by atoms with Gasteiger partial charge in [-0.15, -0.1) is 0 Å². The predicted octanol–water partition coefficient (Wildman–Crippen LogP) is 2.08. The molecule has 1 unspecified atom stereocenters. The molecule has 0 N–H and O–H groups in total. The van der Waals surface area contributed by atoms with Gasteiger partial charge in [0, 0.05) is 29.4 Å². The molecular formula is C17H19N5O2. The number of carbonyl (C=O) groups excluding carboxylic acids is 1. The van der Waals surface area contributed by atoms with Gasteiger partial charge in [0.15, 0.2) is 6.04 Å². The number of anilines is 1. The third-order valence-electron chi connectivity index (χ3n) is 4.80. The van der Waals surface area contributed by atoms with E-state index in [0.29, 0.717) is 12.5 Å². The number of nitrogens with zero attached hydrogens (tertiary/aromatic N) is 5. The fraction of sp³-hybridized carbons (Fsp3) is 0.471. The minimum Gasteiger partial charge on any atom is -0.467 e. The van der Waals surface area contributed by atoms with Crippen LogP contribution >= 0.6 is 0 Å². The van der Waals surface area contributed by atoms with Crippen LogP contribution in [-0.4, -0.2) is 33.0 Å². The first kappa shape index (κ1) is 15.0. The molecule has 0 spiro atoms. The van der Waals surface area contributed by atoms with Crippen molar-refractivity contribution in [3.63, 3.8) is 0 Å². The highest BCUT2D eigenvalue weighted by atomic mass is 16.5. The Morgan fingerprint density at radius 1 is 1.33 bits per heavy atom. The van der Waals surface area contributed by atoms with Gasteiger partial charge in [-0.1, -0.05) is 6.42 Å². The highest BCUT2D eigenvalue weighted by Crippen LogP contribution is 2.39. The molecule has 0 radical (unpaired) electrons. The molecule has 0 bridgehead atoms. The van der Waals surface area contributed by atoms with E-state index in [1.165, 1.54) is 19.9 Å². The van der Waals surface area contributed by atoms with Crippen molar-refractivity contribution < 1.29 is 9.53 Å². The van der Waals surface area contributed by atoms with E-state index in [-0.39, 0.29) is 5.97 Å². The van der Waals surface area contributed by atoms with Gasteiger partial charge in [0.1, 0.15) is 18.0 Å². The summed E-state index contributed by atoms with van der Waals surface area (Å²) in [6.45, 7) is 2.47. The van der Waals surface area contributed by atoms with E-state index in [9.17, 15) is 4.79 Å². The highest BCUT2D eigenvalue weighted by molar-refractivity contribution is 5.83. The van der Waals surface area contributed by atoms with Crippen molar-refractivity contribution in [1.29, 1.82) is 0 Å². The molecule has 124 valence electrons. The van der Waals surface area contributed by atoms with Gasteiger partial charge < -0.3 is 9.64 Å². The van der Waals surface area contributed by atoms with E-state index >= 15 is 0 Å². The van der Waals surface area contributed by atoms with Crippen molar-refractivity contribution in [2.24, 2.45) is 0 Å². The maximum absolute atomic E-state index is 12.4. The lowest BCUT2D eigenvalue weighted by Gasteiger charge is -2.27. The van der Waals surface area contributed by atoms with E-state index in [2.05, 4.69) is 15.0 Å². The Hall–Kier alpha value is -2.57. The zero-order chi connectivity index (χ0) is 16.7. The summed E-state index contributed by atoms with van der Waals surface area (Å²) < 4.78 is 5.00. The smallest absolute Gasteiger partial charge is 0.333 e. The first-order valence-corrected chi connectivity index (χ1v) is 8.16. The van der Waals surface area contributed by atoms with E-state index < -0.39 is 6.04 Å². The summed E-state index contributed by atoms with van der Waals surface area (Å²) in [5.41, 5.74) is 2.53. The van der Waals surface area contributed by atoms with Gasteiger partial charge in [0.05, 0.1) is 19.3 Å². The van der Waals surface area contributed by atoms with Crippen LogP contribution in [0.25, 0.3) is 0 Å². The Morgan fingerprint density at radius 2 is 2.17 bits per heavy atom. The topological polar surface area (TPSA) is 81.1 Å². The van der Waals surface area contributed by atoms with Crippen molar-refractivity contribution in [1.82, 2.24) is 19.9 Å². The number of hydrogen-bond acceptors (Lipinski definition) is 7. The number of aryl methyl sites for hydroxylation is 1. The Bertz CT molecular complexity index is 790. The second-order valence-corrected chi connectivity index (χ2v) is 6.33. The maximum atomic E-state index is 12.4. The molecule has 1 atom stereocenters. The lowest BCUT2D eigenvalue weighted by Crippen LogP contribution is -2.30. The Morgan fingerprint density at radius 3 is 2.88 bits per heavy atom. The number of ether oxygens (including phenoxy) is 1. The van der Waals surface area contributed by atoms with Gasteiger partial charge in [-0.05, 0) is 19.8 Å². The van der Waals surface area contributed by atoms with Gasteiger partial charge in [-0.2, -0.15) is 0 Å². The molecule has 7 heteroatoms. The zero-order valence-electron chi connectivity index (χ0n) is 13.8. The predicted molar refractivity (Wildman–Crippen MR) is 86.3 cm³/mol. The van der Waals surface area contributed by atoms with Gasteiger partial charge in [-0.3, -0.25) is 0 Å². The zero-order valence-corrected chi connectivity index (χ0v) is 13.8. The molecule has 2 aromatic heterocycles. The maximum Gasteiger partial charge on any atom is 0.333 e. The number of aromatic nitrogens is 4. The molecule has 4 rings (SSSR count). The van der Waals surface area contributed by atoms with E-state index in [1.807, 2.05) is 17.9 Å². The third kappa shape index (κ3) is 2.40. The average molecular weight is 325 g/mol. The van der Waals surface area contributed by atoms with Crippen LogP contribution in [0.15, 0.2) is 18.6 Å². The number of methoxy groups -OCH3 is 1. The molecule has 0 amide bonds. The number of rotatable bonds is 3. The SMILES string of the molecule is COC(=O)C1c2cncnc2CN1c1cc(C)nc(C2CCC2)n1. The van der Waals surface area contributed by atoms with Gasteiger partial charge >= 0.3 is 5.97 Å². The van der Waals surface area contributed by atoms with Crippen LogP contribution in [-0.2, 0) is 16.1 Å². The third-order valence-corrected chi connectivity index (χ3v) is 4.80.